The van der Waals surface area contributed by atoms with Crippen LogP contribution in [-0.4, -0.2) is 54.1 Å². The maximum Gasteiger partial charge on any atom is 0.244 e. The zero-order valence-electron chi connectivity index (χ0n) is 12.0. The van der Waals surface area contributed by atoms with Gasteiger partial charge in [-0.05, 0) is 32.9 Å². The minimum Gasteiger partial charge on any atom is -0.324 e. The lowest BCUT2D eigenvalue weighted by atomic mass is 9.98. The minimum atomic E-state index is -0.203. The summed E-state index contributed by atoms with van der Waals surface area (Å²) in [4.78, 5) is 17.0. The third kappa shape index (κ3) is 2.41. The first-order valence-electron chi connectivity index (χ1n) is 7.40. The minimum absolute atomic E-state index is 0.203. The highest BCUT2D eigenvalue weighted by atomic mass is 16.2. The molecule has 4 heteroatoms. The van der Waals surface area contributed by atoms with Crippen LogP contribution in [0, 0.1) is 0 Å². The molecule has 0 aromatic carbocycles. The molecule has 1 atom stereocenters. The van der Waals surface area contributed by atoms with E-state index in [1.54, 1.807) is 0 Å². The molecule has 1 aliphatic heterocycles. The Kier molecular flexibility index (Phi) is 4.28. The van der Waals surface area contributed by atoms with Gasteiger partial charge in [0.25, 0.3) is 0 Å². The predicted octanol–water partition coefficient (Wildman–Crippen LogP) is 1.42. The summed E-state index contributed by atoms with van der Waals surface area (Å²) in [6, 6.07) is 0. The van der Waals surface area contributed by atoms with Crippen LogP contribution in [0.25, 0.3) is 0 Å². The van der Waals surface area contributed by atoms with Gasteiger partial charge in [-0.2, -0.15) is 0 Å². The van der Waals surface area contributed by atoms with E-state index in [4.69, 9.17) is 0 Å². The van der Waals surface area contributed by atoms with Crippen molar-refractivity contribution in [2.45, 2.75) is 57.7 Å². The van der Waals surface area contributed by atoms with Crippen LogP contribution in [0.2, 0.25) is 0 Å². The Hall–Kier alpha value is -0.610. The van der Waals surface area contributed by atoms with Gasteiger partial charge in [0.15, 0.2) is 0 Å². The van der Waals surface area contributed by atoms with Gasteiger partial charge in [-0.25, -0.2) is 0 Å². The third-order valence-electron chi connectivity index (χ3n) is 4.60. The molecule has 2 rings (SSSR count). The standard InChI is InChI=1S/C14H27N3O/c1-4-12-15-14(8-6-7-9-14)13(18)17(12)11-10-16(3)5-2/h12,15H,4-11H2,1-3H3. The number of carbonyl (C=O) groups excluding carboxylic acids is 1. The van der Waals surface area contributed by atoms with Crippen molar-refractivity contribution in [3.8, 4) is 0 Å². The summed E-state index contributed by atoms with van der Waals surface area (Å²) in [5, 5.41) is 3.62. The molecule has 1 saturated carbocycles. The van der Waals surface area contributed by atoms with Crippen molar-refractivity contribution >= 4 is 5.91 Å². The van der Waals surface area contributed by atoms with Crippen LogP contribution in [0.4, 0.5) is 0 Å². The highest BCUT2D eigenvalue weighted by molar-refractivity contribution is 5.89. The summed E-state index contributed by atoms with van der Waals surface area (Å²) < 4.78 is 0. The number of hydrogen-bond donors (Lipinski definition) is 1. The molecular formula is C14H27N3O. The van der Waals surface area contributed by atoms with Crippen molar-refractivity contribution in [2.75, 3.05) is 26.7 Å². The Bertz CT molecular complexity index is 299. The van der Waals surface area contributed by atoms with E-state index in [9.17, 15) is 4.79 Å². The average Bonchev–Trinajstić information content (AvgIpc) is 2.95. The van der Waals surface area contributed by atoms with E-state index in [-0.39, 0.29) is 11.7 Å². The number of carbonyl (C=O) groups is 1. The molecule has 1 heterocycles. The van der Waals surface area contributed by atoms with Crippen molar-refractivity contribution in [1.82, 2.24) is 15.1 Å². The van der Waals surface area contributed by atoms with Crippen molar-refractivity contribution in [3.63, 3.8) is 0 Å². The molecule has 1 aliphatic carbocycles. The SMILES string of the molecule is CCC1NC2(CCCC2)C(=O)N1CCN(C)CC. The lowest BCUT2D eigenvalue weighted by Gasteiger charge is -2.25. The second-order valence-electron chi connectivity index (χ2n) is 5.75. The van der Waals surface area contributed by atoms with Gasteiger partial charge in [-0.3, -0.25) is 10.1 Å². The average molecular weight is 253 g/mol. The van der Waals surface area contributed by atoms with Gasteiger partial charge in [0.2, 0.25) is 5.91 Å². The highest BCUT2D eigenvalue weighted by Gasteiger charge is 2.51. The maximum absolute atomic E-state index is 12.6. The molecule has 1 amide bonds. The number of nitrogens with zero attached hydrogens (tertiary/aromatic N) is 2. The first-order chi connectivity index (χ1) is 8.63. The molecule has 0 aromatic heterocycles. The fraction of sp³-hybridized carbons (Fsp3) is 0.929. The van der Waals surface area contributed by atoms with E-state index in [0.29, 0.717) is 5.91 Å². The van der Waals surface area contributed by atoms with Gasteiger partial charge in [-0.15, -0.1) is 0 Å². The molecule has 2 aliphatic rings. The number of nitrogens with one attached hydrogen (secondary N) is 1. The number of rotatable bonds is 5. The third-order valence-corrected chi connectivity index (χ3v) is 4.60. The monoisotopic (exact) mass is 253 g/mol. The molecule has 1 N–H and O–H groups in total. The Labute approximate surface area is 111 Å². The Morgan fingerprint density at radius 1 is 1.39 bits per heavy atom. The largest absolute Gasteiger partial charge is 0.324 e. The van der Waals surface area contributed by atoms with E-state index in [0.717, 1.165) is 38.9 Å². The van der Waals surface area contributed by atoms with E-state index >= 15 is 0 Å². The lowest BCUT2D eigenvalue weighted by Crippen LogP contribution is -2.44. The first-order valence-corrected chi connectivity index (χ1v) is 7.40. The van der Waals surface area contributed by atoms with Gasteiger partial charge in [0.1, 0.15) is 0 Å². The van der Waals surface area contributed by atoms with Gasteiger partial charge in [-0.1, -0.05) is 26.7 Å². The van der Waals surface area contributed by atoms with Gasteiger partial charge >= 0.3 is 0 Å². The second-order valence-corrected chi connectivity index (χ2v) is 5.75. The fourth-order valence-corrected chi connectivity index (χ4v) is 3.23. The van der Waals surface area contributed by atoms with Gasteiger partial charge < -0.3 is 9.80 Å². The summed E-state index contributed by atoms with van der Waals surface area (Å²) in [6.07, 6.45) is 5.70. The summed E-state index contributed by atoms with van der Waals surface area (Å²) in [7, 11) is 2.11. The predicted molar refractivity (Wildman–Crippen MR) is 73.3 cm³/mol. The molecule has 18 heavy (non-hydrogen) atoms. The van der Waals surface area contributed by atoms with Crippen LogP contribution >= 0.6 is 0 Å². The van der Waals surface area contributed by atoms with Crippen LogP contribution in [-0.2, 0) is 4.79 Å². The molecule has 104 valence electrons. The highest BCUT2D eigenvalue weighted by Crippen LogP contribution is 2.36. The lowest BCUT2D eigenvalue weighted by molar-refractivity contribution is -0.133. The van der Waals surface area contributed by atoms with E-state index < -0.39 is 0 Å². The molecule has 0 aromatic rings. The number of amides is 1. The van der Waals surface area contributed by atoms with Crippen LogP contribution in [0.5, 0.6) is 0 Å². The van der Waals surface area contributed by atoms with E-state index in [1.807, 2.05) is 0 Å². The summed E-state index contributed by atoms with van der Waals surface area (Å²) in [5.74, 6) is 0.358. The summed E-state index contributed by atoms with van der Waals surface area (Å²) >= 11 is 0. The molecule has 1 spiro atoms. The van der Waals surface area contributed by atoms with Crippen molar-refractivity contribution in [2.24, 2.45) is 0 Å². The molecule has 0 bridgehead atoms. The zero-order valence-corrected chi connectivity index (χ0v) is 12.0. The molecule has 1 unspecified atom stereocenters. The first kappa shape index (κ1) is 13.8. The smallest absolute Gasteiger partial charge is 0.244 e. The van der Waals surface area contributed by atoms with Crippen LogP contribution in [0.3, 0.4) is 0 Å². The van der Waals surface area contributed by atoms with Crippen LogP contribution in [0.15, 0.2) is 0 Å². The van der Waals surface area contributed by atoms with Gasteiger partial charge in [0.05, 0.1) is 11.7 Å². The topological polar surface area (TPSA) is 35.6 Å². The quantitative estimate of drug-likeness (QED) is 0.805. The van der Waals surface area contributed by atoms with Gasteiger partial charge in [0, 0.05) is 13.1 Å². The normalized spacial score (nSPS) is 26.8. The fourth-order valence-electron chi connectivity index (χ4n) is 3.23. The van der Waals surface area contributed by atoms with Crippen molar-refractivity contribution in [1.29, 1.82) is 0 Å². The molecule has 2 fully saturated rings. The molecule has 4 nitrogen and oxygen atoms in total. The maximum atomic E-state index is 12.6. The zero-order chi connectivity index (χ0) is 13.2. The molecular weight excluding hydrogens is 226 g/mol. The number of likely N-dealkylation sites (N-methyl/N-ethyl adjacent to an activating group) is 1. The van der Waals surface area contributed by atoms with Crippen LogP contribution in [0.1, 0.15) is 46.0 Å². The van der Waals surface area contributed by atoms with E-state index in [2.05, 4.69) is 36.0 Å². The van der Waals surface area contributed by atoms with Crippen LogP contribution < -0.4 is 5.32 Å². The Balaban J connectivity index is 2.01. The molecule has 0 radical (unpaired) electrons. The van der Waals surface area contributed by atoms with E-state index in [1.165, 1.54) is 12.8 Å². The summed E-state index contributed by atoms with van der Waals surface area (Å²) in [6.45, 7) is 7.18. The van der Waals surface area contributed by atoms with Crippen molar-refractivity contribution in [3.05, 3.63) is 0 Å². The van der Waals surface area contributed by atoms with Crippen molar-refractivity contribution < 1.29 is 4.79 Å². The second kappa shape index (κ2) is 5.57. The number of hydrogen-bond acceptors (Lipinski definition) is 3. The Morgan fingerprint density at radius 2 is 2.06 bits per heavy atom. The Morgan fingerprint density at radius 3 is 2.61 bits per heavy atom. The molecule has 1 saturated heterocycles. The summed E-state index contributed by atoms with van der Waals surface area (Å²) in [5.41, 5.74) is -0.203.